The first-order valence-corrected chi connectivity index (χ1v) is 24.6. The maximum absolute atomic E-state index is 14.3. The van der Waals surface area contributed by atoms with Crippen molar-refractivity contribution in [3.63, 3.8) is 0 Å². The molecule has 0 radical (unpaired) electrons. The van der Waals surface area contributed by atoms with Gasteiger partial charge in [-0.05, 0) is 106 Å². The second-order valence-corrected chi connectivity index (χ2v) is 23.1. The van der Waals surface area contributed by atoms with Gasteiger partial charge in [0.2, 0.25) is 0 Å². The van der Waals surface area contributed by atoms with Gasteiger partial charge in [-0.15, -0.1) is 0 Å². The van der Waals surface area contributed by atoms with Crippen LogP contribution in [0.25, 0.3) is 33.5 Å². The second-order valence-electron chi connectivity index (χ2n) is 23.1. The Hall–Kier alpha value is -5.86. The van der Waals surface area contributed by atoms with Crippen molar-refractivity contribution in [2.75, 3.05) is 26.2 Å². The second kappa shape index (κ2) is 17.0. The van der Waals surface area contributed by atoms with Gasteiger partial charge < -0.3 is 34.9 Å². The lowest BCUT2D eigenvalue weighted by atomic mass is 9.80. The Morgan fingerprint density at radius 3 is 1.60 bits per heavy atom. The maximum atomic E-state index is 14.3. The zero-order valence-electron chi connectivity index (χ0n) is 41.6. The number of H-pyrrole nitrogens is 1. The van der Waals surface area contributed by atoms with E-state index in [4.69, 9.17) is 29.4 Å². The van der Waals surface area contributed by atoms with E-state index < -0.39 is 51.7 Å². The maximum Gasteiger partial charge on any atom is 0.410 e. The van der Waals surface area contributed by atoms with Crippen LogP contribution in [0.15, 0.2) is 53.8 Å². The standard InChI is InChI=1S/C53H69N9O6/c1-48(2,3)41(59-44(63)52(9,50(7)19-20-50)67-46(65)61-23-11-12-24-61)38-29-34-27-32(15-17-35(34)56-38)39-30-55-40(31-54-39)33-16-18-36-37(28-33)58-43(57-36)42(49(4,5)6)60-45(64)53(10,51(8)21-22-51)68-47(66)62-25-13-14-26-62/h15-18,27-28,30-31,41-42H,11-14,19-26,29H2,1-10H3,(H,57,58)(H,59,63)(H,60,64)/t41-,42-,52+,53+/m1/s1. The molecule has 2 saturated heterocycles. The van der Waals surface area contributed by atoms with Crippen molar-refractivity contribution in [1.82, 2.24) is 40.4 Å². The van der Waals surface area contributed by atoms with E-state index in [2.05, 4.69) is 63.2 Å². The molecule has 2 aliphatic carbocycles. The van der Waals surface area contributed by atoms with Crippen LogP contribution in [-0.4, -0.2) is 103 Å². The summed E-state index contributed by atoms with van der Waals surface area (Å²) < 4.78 is 12.2. The van der Waals surface area contributed by atoms with Crippen molar-refractivity contribution in [2.24, 2.45) is 26.7 Å². The highest BCUT2D eigenvalue weighted by Crippen LogP contribution is 2.57. The third kappa shape index (κ3) is 8.85. The number of ether oxygens (including phenoxy) is 2. The van der Waals surface area contributed by atoms with Crippen LogP contribution >= 0.6 is 0 Å². The van der Waals surface area contributed by atoms with Crippen LogP contribution in [0.3, 0.4) is 0 Å². The lowest BCUT2D eigenvalue weighted by Crippen LogP contribution is -2.60. The Balaban J connectivity index is 0.887. The number of hydrogen-bond donors (Lipinski definition) is 3. The van der Waals surface area contributed by atoms with Crippen LogP contribution in [0, 0.1) is 21.7 Å². The molecule has 15 heteroatoms. The minimum absolute atomic E-state index is 0.288. The number of imidazole rings is 1. The van der Waals surface area contributed by atoms with Crippen molar-refractivity contribution in [3.05, 3.63) is 60.2 Å². The summed E-state index contributed by atoms with van der Waals surface area (Å²) >= 11 is 0. The average molecular weight is 928 g/mol. The predicted molar refractivity (Wildman–Crippen MR) is 261 cm³/mol. The number of aromatic nitrogens is 4. The number of rotatable bonds is 12. The van der Waals surface area contributed by atoms with E-state index >= 15 is 0 Å². The molecule has 5 heterocycles. The van der Waals surface area contributed by atoms with E-state index in [1.807, 2.05) is 44.2 Å². The van der Waals surface area contributed by atoms with Gasteiger partial charge in [0.25, 0.3) is 11.8 Å². The van der Waals surface area contributed by atoms with Crippen LogP contribution in [-0.2, 0) is 25.5 Å². The number of nitrogens with one attached hydrogen (secondary N) is 3. The number of hydrogen-bond acceptors (Lipinski definition) is 10. The van der Waals surface area contributed by atoms with Crippen LogP contribution in [0.4, 0.5) is 15.3 Å². The van der Waals surface area contributed by atoms with Crippen molar-refractivity contribution in [3.8, 4) is 22.5 Å². The SMILES string of the molecule is CC(C)(C)[C@H](NC(=O)[C@](C)(OC(=O)N1CCCC1)C1(C)CC1)C1=Nc2ccc(-c3cnc(-c4ccc5nc([C@@H](NC(=O)[C@](C)(OC(=O)N6CCCC6)C6(C)CC6)C(C)(C)C)[nH]c5c4)cn3)cc2C1. The predicted octanol–water partition coefficient (Wildman–Crippen LogP) is 9.63. The average Bonchev–Trinajstić information content (AvgIpc) is 3.81. The summed E-state index contributed by atoms with van der Waals surface area (Å²) in [5.41, 5.74) is 3.08. The van der Waals surface area contributed by atoms with Gasteiger partial charge in [0.15, 0.2) is 11.2 Å². The highest BCUT2D eigenvalue weighted by Gasteiger charge is 2.62. The first kappa shape index (κ1) is 47.2. The fourth-order valence-corrected chi connectivity index (χ4v) is 10.0. The fourth-order valence-electron chi connectivity index (χ4n) is 10.0. The number of likely N-dealkylation sites (tertiary alicyclic amines) is 2. The Kier molecular flexibility index (Phi) is 11.8. The van der Waals surface area contributed by atoms with Crippen LogP contribution in [0.2, 0.25) is 0 Å². The zero-order valence-corrected chi connectivity index (χ0v) is 41.6. The summed E-state index contributed by atoms with van der Waals surface area (Å²) in [7, 11) is 0. The molecule has 362 valence electrons. The van der Waals surface area contributed by atoms with Gasteiger partial charge >= 0.3 is 12.2 Å². The quantitative estimate of drug-likeness (QED) is 0.125. The Labute approximate surface area is 400 Å². The number of fused-ring (bicyclic) bond motifs is 2. The highest BCUT2D eigenvalue weighted by molar-refractivity contribution is 6.02. The van der Waals surface area contributed by atoms with Crippen LogP contribution in [0.5, 0.6) is 0 Å². The van der Waals surface area contributed by atoms with Gasteiger partial charge in [-0.2, -0.15) is 0 Å². The third-order valence-electron chi connectivity index (χ3n) is 15.8. The minimum Gasteiger partial charge on any atom is -0.432 e. The topological polar surface area (TPSA) is 184 Å². The summed E-state index contributed by atoms with van der Waals surface area (Å²) in [5, 5.41) is 6.57. The van der Waals surface area contributed by atoms with Gasteiger partial charge in [-0.1, -0.05) is 67.5 Å². The van der Waals surface area contributed by atoms with Gasteiger partial charge in [0.1, 0.15) is 5.82 Å². The fraction of sp³-hybridized carbons (Fsp3) is 0.585. The first-order chi connectivity index (χ1) is 32.0. The molecule has 4 fully saturated rings. The van der Waals surface area contributed by atoms with Gasteiger partial charge in [-0.25, -0.2) is 14.6 Å². The molecule has 2 aromatic carbocycles. The molecular weight excluding hydrogens is 859 g/mol. The van der Waals surface area contributed by atoms with Crippen molar-refractivity contribution in [1.29, 1.82) is 0 Å². The molecule has 0 unspecified atom stereocenters. The number of carbonyl (C=O) groups is 4. The summed E-state index contributed by atoms with van der Waals surface area (Å²) in [4.78, 5) is 81.7. The van der Waals surface area contributed by atoms with Crippen molar-refractivity contribution >= 4 is 46.4 Å². The lowest BCUT2D eigenvalue weighted by Gasteiger charge is -2.39. The Bertz CT molecular complexity index is 2660. The molecule has 3 N–H and O–H groups in total. The van der Waals surface area contributed by atoms with Crippen molar-refractivity contribution in [2.45, 2.75) is 150 Å². The van der Waals surface area contributed by atoms with Gasteiger partial charge in [0, 0.05) is 60.3 Å². The van der Waals surface area contributed by atoms with Crippen molar-refractivity contribution < 1.29 is 28.7 Å². The van der Waals surface area contributed by atoms with E-state index in [0.717, 1.165) is 90.5 Å². The zero-order chi connectivity index (χ0) is 48.6. The molecule has 5 aliphatic rings. The molecule has 4 atom stereocenters. The summed E-state index contributed by atoms with van der Waals surface area (Å²) in [6.45, 7) is 22.6. The number of amides is 4. The van der Waals surface area contributed by atoms with E-state index in [9.17, 15) is 19.2 Å². The van der Waals surface area contributed by atoms with Gasteiger partial charge in [-0.3, -0.25) is 24.5 Å². The van der Waals surface area contributed by atoms with E-state index in [0.29, 0.717) is 49.8 Å². The third-order valence-corrected chi connectivity index (χ3v) is 15.8. The van der Waals surface area contributed by atoms with Gasteiger partial charge in [0.05, 0.1) is 52.6 Å². The molecule has 2 aromatic heterocycles. The molecule has 9 rings (SSSR count). The molecule has 0 bridgehead atoms. The van der Waals surface area contributed by atoms with E-state index in [-0.39, 0.29) is 17.2 Å². The minimum atomic E-state index is -1.34. The Morgan fingerprint density at radius 2 is 1.13 bits per heavy atom. The van der Waals surface area contributed by atoms with E-state index in [1.54, 1.807) is 36.0 Å². The summed E-state index contributed by atoms with van der Waals surface area (Å²) in [5.74, 6) is -0.00214. The number of aliphatic imine (C=N–C) groups is 1. The first-order valence-electron chi connectivity index (χ1n) is 24.6. The molecule has 68 heavy (non-hydrogen) atoms. The number of benzene rings is 2. The molecule has 15 nitrogen and oxygen atoms in total. The summed E-state index contributed by atoms with van der Waals surface area (Å²) in [6.07, 6.45) is 10.2. The molecular formula is C53H69N9O6. The Morgan fingerprint density at radius 1 is 0.662 bits per heavy atom. The molecule has 4 aromatic rings. The molecule has 3 aliphatic heterocycles. The molecule has 2 saturated carbocycles. The smallest absolute Gasteiger partial charge is 0.410 e. The lowest BCUT2D eigenvalue weighted by molar-refractivity contribution is -0.148. The normalized spacial score (nSPS) is 20.9. The largest absolute Gasteiger partial charge is 0.432 e. The van der Waals surface area contributed by atoms with Crippen LogP contribution < -0.4 is 10.6 Å². The molecule has 0 spiro atoms. The van der Waals surface area contributed by atoms with E-state index in [1.165, 1.54) is 0 Å². The van der Waals surface area contributed by atoms with Crippen LogP contribution in [0.1, 0.15) is 138 Å². The monoisotopic (exact) mass is 928 g/mol. The molecule has 4 amide bonds. The number of carbonyl (C=O) groups excluding carboxylic acids is 4. The number of nitrogens with zero attached hydrogens (tertiary/aromatic N) is 6. The number of aromatic amines is 1. The highest BCUT2D eigenvalue weighted by atomic mass is 16.6. The summed E-state index contributed by atoms with van der Waals surface area (Å²) in [6, 6.07) is 11.1.